The van der Waals surface area contributed by atoms with Crippen LogP contribution < -0.4 is 5.56 Å². The van der Waals surface area contributed by atoms with Crippen LogP contribution in [0.1, 0.15) is 24.6 Å². The lowest BCUT2D eigenvalue weighted by atomic mass is 10.1. The number of aryl methyl sites for hydroxylation is 3. The van der Waals surface area contributed by atoms with E-state index in [-0.39, 0.29) is 5.56 Å². The smallest absolute Gasteiger partial charge is 0.266 e. The van der Waals surface area contributed by atoms with Gasteiger partial charge in [-0.05, 0) is 24.8 Å². The molecule has 17 heavy (non-hydrogen) atoms. The molecular formula is C14H18N2O. The van der Waals surface area contributed by atoms with Crippen LogP contribution in [0.2, 0.25) is 0 Å². The summed E-state index contributed by atoms with van der Waals surface area (Å²) in [7, 11) is 0. The standard InChI is InChI=1S/C14H18N2O/c1-2-13-11-14(17)16(15-13)10-6-9-12-7-4-3-5-8-12/h3-5,7-8,11,15H,2,6,9-10H2,1H3. The van der Waals surface area contributed by atoms with E-state index in [1.807, 2.05) is 25.1 Å². The summed E-state index contributed by atoms with van der Waals surface area (Å²) in [6.45, 7) is 2.80. The Morgan fingerprint density at radius 2 is 2.00 bits per heavy atom. The Balaban J connectivity index is 1.90. The van der Waals surface area contributed by atoms with Crippen molar-refractivity contribution in [1.29, 1.82) is 0 Å². The maximum Gasteiger partial charge on any atom is 0.266 e. The molecule has 0 amide bonds. The lowest BCUT2D eigenvalue weighted by Crippen LogP contribution is -2.16. The van der Waals surface area contributed by atoms with Crippen molar-refractivity contribution >= 4 is 0 Å². The summed E-state index contributed by atoms with van der Waals surface area (Å²) < 4.78 is 1.70. The number of aromatic nitrogens is 2. The highest BCUT2D eigenvalue weighted by molar-refractivity contribution is 5.14. The Morgan fingerprint density at radius 1 is 1.24 bits per heavy atom. The summed E-state index contributed by atoms with van der Waals surface area (Å²) in [4.78, 5) is 11.6. The van der Waals surface area contributed by atoms with Crippen molar-refractivity contribution in [3.8, 4) is 0 Å². The minimum Gasteiger partial charge on any atom is -0.300 e. The highest BCUT2D eigenvalue weighted by Crippen LogP contribution is 2.03. The average Bonchev–Trinajstić information content (AvgIpc) is 2.72. The molecule has 0 aliphatic carbocycles. The topological polar surface area (TPSA) is 37.8 Å². The van der Waals surface area contributed by atoms with E-state index in [1.165, 1.54) is 5.56 Å². The highest BCUT2D eigenvalue weighted by atomic mass is 16.1. The molecule has 0 aliphatic heterocycles. The van der Waals surface area contributed by atoms with Crippen LogP contribution in [-0.4, -0.2) is 9.78 Å². The number of nitrogens with zero attached hydrogens (tertiary/aromatic N) is 1. The third-order valence-electron chi connectivity index (χ3n) is 2.91. The molecule has 0 fully saturated rings. The van der Waals surface area contributed by atoms with Crippen molar-refractivity contribution in [3.63, 3.8) is 0 Å². The molecule has 1 heterocycles. The zero-order chi connectivity index (χ0) is 12.1. The first-order valence-electron chi connectivity index (χ1n) is 6.12. The molecule has 2 rings (SSSR count). The SMILES string of the molecule is CCc1cc(=O)n(CCCc2ccccc2)[nH]1. The third kappa shape index (κ3) is 3.09. The van der Waals surface area contributed by atoms with Gasteiger partial charge in [-0.25, -0.2) is 0 Å². The van der Waals surface area contributed by atoms with Crippen LogP contribution in [0, 0.1) is 0 Å². The van der Waals surface area contributed by atoms with Crippen molar-refractivity contribution in [2.75, 3.05) is 0 Å². The van der Waals surface area contributed by atoms with Gasteiger partial charge in [-0.2, -0.15) is 0 Å². The zero-order valence-electron chi connectivity index (χ0n) is 10.1. The Hall–Kier alpha value is -1.77. The third-order valence-corrected chi connectivity index (χ3v) is 2.91. The van der Waals surface area contributed by atoms with Crippen molar-refractivity contribution in [3.05, 3.63) is 58.0 Å². The van der Waals surface area contributed by atoms with Gasteiger partial charge >= 0.3 is 0 Å². The Labute approximate surface area is 101 Å². The second kappa shape index (κ2) is 5.53. The molecule has 90 valence electrons. The summed E-state index contributed by atoms with van der Waals surface area (Å²) in [6.07, 6.45) is 2.86. The maximum absolute atomic E-state index is 11.6. The molecule has 0 unspecified atom stereocenters. The number of hydrogen-bond donors (Lipinski definition) is 1. The average molecular weight is 230 g/mol. The van der Waals surface area contributed by atoms with E-state index in [0.717, 1.165) is 31.5 Å². The number of H-pyrrole nitrogens is 1. The number of aromatic amines is 1. The van der Waals surface area contributed by atoms with Crippen LogP contribution in [0.3, 0.4) is 0 Å². The number of hydrogen-bond acceptors (Lipinski definition) is 1. The van der Waals surface area contributed by atoms with E-state index in [1.54, 1.807) is 10.7 Å². The first kappa shape index (κ1) is 11.7. The molecule has 3 nitrogen and oxygen atoms in total. The predicted octanol–water partition coefficient (Wildman–Crippen LogP) is 2.37. The molecule has 0 saturated carbocycles. The van der Waals surface area contributed by atoms with Crippen molar-refractivity contribution < 1.29 is 0 Å². The predicted molar refractivity (Wildman–Crippen MR) is 69.2 cm³/mol. The van der Waals surface area contributed by atoms with Crippen LogP contribution in [-0.2, 0) is 19.4 Å². The highest BCUT2D eigenvalue weighted by Gasteiger charge is 2.01. The number of rotatable bonds is 5. The quantitative estimate of drug-likeness (QED) is 0.841. The van der Waals surface area contributed by atoms with E-state index < -0.39 is 0 Å². The van der Waals surface area contributed by atoms with Gasteiger partial charge in [0.05, 0.1) is 0 Å². The second-order valence-corrected chi connectivity index (χ2v) is 4.21. The van der Waals surface area contributed by atoms with E-state index >= 15 is 0 Å². The van der Waals surface area contributed by atoms with Crippen molar-refractivity contribution in [2.45, 2.75) is 32.7 Å². The molecule has 0 spiro atoms. The molecule has 1 aromatic heterocycles. The summed E-state index contributed by atoms with van der Waals surface area (Å²) in [5.74, 6) is 0. The van der Waals surface area contributed by atoms with E-state index in [0.29, 0.717) is 0 Å². The Kier molecular flexibility index (Phi) is 3.81. The van der Waals surface area contributed by atoms with E-state index in [2.05, 4.69) is 17.2 Å². The fraction of sp³-hybridized carbons (Fsp3) is 0.357. The summed E-state index contributed by atoms with van der Waals surface area (Å²) in [5, 5.41) is 3.12. The van der Waals surface area contributed by atoms with Gasteiger partial charge < -0.3 is 0 Å². The fourth-order valence-electron chi connectivity index (χ4n) is 1.92. The van der Waals surface area contributed by atoms with Crippen LogP contribution in [0.4, 0.5) is 0 Å². The fourth-order valence-corrected chi connectivity index (χ4v) is 1.92. The van der Waals surface area contributed by atoms with Gasteiger partial charge in [0.25, 0.3) is 5.56 Å². The van der Waals surface area contributed by atoms with Gasteiger partial charge in [0, 0.05) is 18.3 Å². The van der Waals surface area contributed by atoms with Gasteiger partial charge in [-0.1, -0.05) is 37.3 Å². The molecule has 1 N–H and O–H groups in total. The number of nitrogens with one attached hydrogen (secondary N) is 1. The second-order valence-electron chi connectivity index (χ2n) is 4.21. The maximum atomic E-state index is 11.6. The first-order valence-corrected chi connectivity index (χ1v) is 6.12. The molecule has 1 aromatic carbocycles. The van der Waals surface area contributed by atoms with Crippen LogP contribution in [0.25, 0.3) is 0 Å². The summed E-state index contributed by atoms with van der Waals surface area (Å²) in [6, 6.07) is 12.0. The van der Waals surface area contributed by atoms with Crippen LogP contribution in [0.15, 0.2) is 41.2 Å². The van der Waals surface area contributed by atoms with Crippen LogP contribution >= 0.6 is 0 Å². The normalized spacial score (nSPS) is 10.6. The zero-order valence-corrected chi connectivity index (χ0v) is 10.1. The van der Waals surface area contributed by atoms with Crippen LogP contribution in [0.5, 0.6) is 0 Å². The lowest BCUT2D eigenvalue weighted by Gasteiger charge is -2.02. The van der Waals surface area contributed by atoms with E-state index in [9.17, 15) is 4.79 Å². The molecular weight excluding hydrogens is 212 g/mol. The molecule has 2 aromatic rings. The Morgan fingerprint density at radius 3 is 2.65 bits per heavy atom. The molecule has 0 bridgehead atoms. The Bertz CT molecular complexity index is 511. The lowest BCUT2D eigenvalue weighted by molar-refractivity contribution is 0.558. The summed E-state index contributed by atoms with van der Waals surface area (Å²) in [5.41, 5.74) is 2.41. The molecule has 0 radical (unpaired) electrons. The minimum absolute atomic E-state index is 0.0786. The molecule has 3 heteroatoms. The summed E-state index contributed by atoms with van der Waals surface area (Å²) >= 11 is 0. The van der Waals surface area contributed by atoms with Gasteiger partial charge in [0.1, 0.15) is 0 Å². The largest absolute Gasteiger partial charge is 0.300 e. The molecule has 0 aliphatic rings. The first-order chi connectivity index (χ1) is 8.29. The number of benzene rings is 1. The van der Waals surface area contributed by atoms with E-state index in [4.69, 9.17) is 0 Å². The molecule has 0 saturated heterocycles. The van der Waals surface area contributed by atoms with Gasteiger partial charge in [0.2, 0.25) is 0 Å². The van der Waals surface area contributed by atoms with Gasteiger partial charge in [-0.3, -0.25) is 14.6 Å². The van der Waals surface area contributed by atoms with Gasteiger partial charge in [0.15, 0.2) is 0 Å². The van der Waals surface area contributed by atoms with Crippen molar-refractivity contribution in [2.24, 2.45) is 0 Å². The molecule has 0 atom stereocenters. The van der Waals surface area contributed by atoms with Crippen molar-refractivity contribution in [1.82, 2.24) is 9.78 Å². The monoisotopic (exact) mass is 230 g/mol. The van der Waals surface area contributed by atoms with Gasteiger partial charge in [-0.15, -0.1) is 0 Å². The minimum atomic E-state index is 0.0786.